The number of hydrogen-bond donors (Lipinski definition) is 2. The summed E-state index contributed by atoms with van der Waals surface area (Å²) in [6.45, 7) is 0. The number of carbonyl (C=O) groups is 1. The van der Waals surface area contributed by atoms with E-state index in [2.05, 4.69) is 20.3 Å². The molecule has 1 aromatic carbocycles. The zero-order chi connectivity index (χ0) is 14.2. The molecule has 1 amide bonds. The molecule has 0 aliphatic heterocycles. The minimum absolute atomic E-state index is 0.163. The number of imidazole rings is 2. The number of hydrogen-bond acceptors (Lipinski definition) is 3. The Bertz CT molecular complexity index is 953. The number of carbonyl (C=O) groups excluding carboxylic acids is 1. The highest BCUT2D eigenvalue weighted by Crippen LogP contribution is 2.16. The number of pyridine rings is 1. The third-order valence-electron chi connectivity index (χ3n) is 3.33. The Hall–Kier alpha value is -3.15. The fraction of sp³-hybridized carbons (Fsp3) is 0. The molecule has 3 heterocycles. The van der Waals surface area contributed by atoms with Crippen LogP contribution in [0.15, 0.2) is 55.2 Å². The van der Waals surface area contributed by atoms with E-state index in [0.717, 1.165) is 22.4 Å². The quantitative estimate of drug-likeness (QED) is 0.591. The van der Waals surface area contributed by atoms with Crippen molar-refractivity contribution in [2.24, 2.45) is 0 Å². The molecule has 0 spiro atoms. The lowest BCUT2D eigenvalue weighted by Crippen LogP contribution is -2.12. The van der Waals surface area contributed by atoms with Gasteiger partial charge in [0.05, 0.1) is 22.9 Å². The number of rotatable bonds is 2. The largest absolute Gasteiger partial charge is 0.345 e. The zero-order valence-electron chi connectivity index (χ0n) is 10.9. The second-order valence-corrected chi connectivity index (χ2v) is 4.70. The van der Waals surface area contributed by atoms with E-state index < -0.39 is 0 Å². The molecule has 6 heteroatoms. The molecule has 2 N–H and O–H groups in total. The maximum absolute atomic E-state index is 12.3. The number of nitrogens with one attached hydrogen (secondary N) is 2. The highest BCUT2D eigenvalue weighted by atomic mass is 16.1. The van der Waals surface area contributed by atoms with Gasteiger partial charge in [0.15, 0.2) is 0 Å². The first-order valence-corrected chi connectivity index (χ1v) is 6.47. The highest BCUT2D eigenvalue weighted by molar-refractivity contribution is 6.04. The second-order valence-electron chi connectivity index (χ2n) is 4.70. The summed E-state index contributed by atoms with van der Waals surface area (Å²) in [5.41, 5.74) is 3.86. The van der Waals surface area contributed by atoms with E-state index in [1.807, 2.05) is 34.9 Å². The average molecular weight is 277 g/mol. The van der Waals surface area contributed by atoms with E-state index in [1.54, 1.807) is 24.8 Å². The summed E-state index contributed by atoms with van der Waals surface area (Å²) < 4.78 is 1.81. The number of anilines is 1. The topological polar surface area (TPSA) is 75.1 Å². The molecule has 0 radical (unpaired) electrons. The van der Waals surface area contributed by atoms with Crippen LogP contribution in [0.2, 0.25) is 0 Å². The molecule has 0 saturated carbocycles. The summed E-state index contributed by atoms with van der Waals surface area (Å²) in [6, 6.07) is 9.12. The number of aromatic nitrogens is 4. The summed E-state index contributed by atoms with van der Waals surface area (Å²) in [6.07, 6.45) is 6.89. The first kappa shape index (κ1) is 11.7. The van der Waals surface area contributed by atoms with Gasteiger partial charge in [-0.25, -0.2) is 9.97 Å². The summed E-state index contributed by atoms with van der Waals surface area (Å²) in [5, 5.41) is 2.88. The van der Waals surface area contributed by atoms with Gasteiger partial charge >= 0.3 is 0 Å². The molecule has 102 valence electrons. The maximum atomic E-state index is 12.3. The van der Waals surface area contributed by atoms with Crippen LogP contribution >= 0.6 is 0 Å². The predicted molar refractivity (Wildman–Crippen MR) is 79.2 cm³/mol. The van der Waals surface area contributed by atoms with Gasteiger partial charge in [-0.1, -0.05) is 0 Å². The number of amides is 1. The van der Waals surface area contributed by atoms with Crippen molar-refractivity contribution in [2.75, 3.05) is 5.32 Å². The molecule has 6 nitrogen and oxygen atoms in total. The maximum Gasteiger partial charge on any atom is 0.257 e. The third-order valence-corrected chi connectivity index (χ3v) is 3.33. The number of fused-ring (bicyclic) bond motifs is 2. The van der Waals surface area contributed by atoms with Crippen LogP contribution in [0.5, 0.6) is 0 Å². The number of H-pyrrole nitrogens is 1. The molecule has 0 aliphatic rings. The Balaban J connectivity index is 1.64. The molecule has 0 bridgehead atoms. The van der Waals surface area contributed by atoms with Crippen molar-refractivity contribution in [3.63, 3.8) is 0 Å². The van der Waals surface area contributed by atoms with E-state index in [0.29, 0.717) is 5.56 Å². The van der Waals surface area contributed by atoms with Crippen molar-refractivity contribution in [2.45, 2.75) is 0 Å². The zero-order valence-corrected chi connectivity index (χ0v) is 10.9. The van der Waals surface area contributed by atoms with E-state index >= 15 is 0 Å². The van der Waals surface area contributed by atoms with Crippen molar-refractivity contribution < 1.29 is 4.79 Å². The number of nitrogens with zero attached hydrogens (tertiary/aromatic N) is 3. The smallest absolute Gasteiger partial charge is 0.257 e. The van der Waals surface area contributed by atoms with Crippen molar-refractivity contribution in [1.29, 1.82) is 0 Å². The third kappa shape index (κ3) is 2.02. The van der Waals surface area contributed by atoms with Gasteiger partial charge in [-0.05, 0) is 30.3 Å². The predicted octanol–water partition coefficient (Wildman–Crippen LogP) is 2.46. The second kappa shape index (κ2) is 4.45. The number of aromatic amines is 1. The Labute approximate surface area is 119 Å². The summed E-state index contributed by atoms with van der Waals surface area (Å²) in [7, 11) is 0. The van der Waals surface area contributed by atoms with Crippen LogP contribution in [-0.2, 0) is 0 Å². The Morgan fingerprint density at radius 2 is 2.14 bits per heavy atom. The van der Waals surface area contributed by atoms with Gasteiger partial charge in [0, 0.05) is 24.3 Å². The van der Waals surface area contributed by atoms with Crippen LogP contribution in [0, 0.1) is 0 Å². The highest BCUT2D eigenvalue weighted by Gasteiger charge is 2.08. The van der Waals surface area contributed by atoms with Crippen LogP contribution in [0.3, 0.4) is 0 Å². The lowest BCUT2D eigenvalue weighted by atomic mass is 10.2. The lowest BCUT2D eigenvalue weighted by molar-refractivity contribution is 0.102. The van der Waals surface area contributed by atoms with Gasteiger partial charge in [-0.2, -0.15) is 0 Å². The summed E-state index contributed by atoms with van der Waals surface area (Å²) in [4.78, 5) is 23.6. The van der Waals surface area contributed by atoms with E-state index in [1.165, 1.54) is 0 Å². The molecule has 0 atom stereocenters. The van der Waals surface area contributed by atoms with Crippen LogP contribution in [0.4, 0.5) is 5.69 Å². The van der Waals surface area contributed by atoms with Gasteiger partial charge < -0.3 is 14.7 Å². The van der Waals surface area contributed by atoms with Crippen molar-refractivity contribution in [3.8, 4) is 0 Å². The molecule has 0 aliphatic carbocycles. The monoisotopic (exact) mass is 277 g/mol. The van der Waals surface area contributed by atoms with E-state index in [-0.39, 0.29) is 5.91 Å². The van der Waals surface area contributed by atoms with Crippen molar-refractivity contribution >= 4 is 28.3 Å². The fourth-order valence-electron chi connectivity index (χ4n) is 2.27. The standard InChI is InChI=1S/C15H11N5O/c21-15(10-1-4-14-16-5-6-20(14)8-10)19-11-2-3-12-13(7-11)18-9-17-12/h1-9H,(H,17,18)(H,19,21). The van der Waals surface area contributed by atoms with E-state index in [9.17, 15) is 4.79 Å². The first-order valence-electron chi connectivity index (χ1n) is 6.47. The molecular weight excluding hydrogens is 266 g/mol. The fourth-order valence-corrected chi connectivity index (χ4v) is 2.27. The van der Waals surface area contributed by atoms with E-state index in [4.69, 9.17) is 0 Å². The van der Waals surface area contributed by atoms with Crippen molar-refractivity contribution in [3.05, 3.63) is 60.8 Å². The van der Waals surface area contributed by atoms with Gasteiger partial charge in [0.2, 0.25) is 0 Å². The van der Waals surface area contributed by atoms with Gasteiger partial charge in [0.1, 0.15) is 5.65 Å². The number of benzene rings is 1. The molecule has 0 fully saturated rings. The Kier molecular flexibility index (Phi) is 2.47. The molecular formula is C15H11N5O. The van der Waals surface area contributed by atoms with Crippen LogP contribution < -0.4 is 5.32 Å². The Morgan fingerprint density at radius 1 is 1.19 bits per heavy atom. The molecule has 4 aromatic rings. The minimum atomic E-state index is -0.163. The van der Waals surface area contributed by atoms with Crippen LogP contribution in [0.25, 0.3) is 16.7 Å². The Morgan fingerprint density at radius 3 is 3.10 bits per heavy atom. The normalized spacial score (nSPS) is 11.0. The molecule has 4 rings (SSSR count). The molecule has 0 unspecified atom stereocenters. The lowest BCUT2D eigenvalue weighted by Gasteiger charge is -2.05. The summed E-state index contributed by atoms with van der Waals surface area (Å²) >= 11 is 0. The van der Waals surface area contributed by atoms with Crippen molar-refractivity contribution in [1.82, 2.24) is 19.4 Å². The van der Waals surface area contributed by atoms with Crippen LogP contribution in [-0.4, -0.2) is 25.3 Å². The molecule has 21 heavy (non-hydrogen) atoms. The average Bonchev–Trinajstić information content (AvgIpc) is 3.14. The summed E-state index contributed by atoms with van der Waals surface area (Å²) in [5.74, 6) is -0.163. The van der Waals surface area contributed by atoms with Gasteiger partial charge in [-0.15, -0.1) is 0 Å². The SMILES string of the molecule is O=C(Nc1ccc2nc[nH]c2c1)c1ccc2nccn2c1. The molecule has 3 aromatic heterocycles. The van der Waals surface area contributed by atoms with Gasteiger partial charge in [-0.3, -0.25) is 4.79 Å². The van der Waals surface area contributed by atoms with Gasteiger partial charge in [0.25, 0.3) is 5.91 Å². The minimum Gasteiger partial charge on any atom is -0.345 e. The molecule has 0 saturated heterocycles. The van der Waals surface area contributed by atoms with Crippen LogP contribution in [0.1, 0.15) is 10.4 Å². The first-order chi connectivity index (χ1) is 10.3.